The average Bonchev–Trinajstić information content (AvgIpc) is 3.96. The molecule has 0 radical (unpaired) electrons. The lowest BCUT2D eigenvalue weighted by molar-refractivity contribution is 0.660. The van der Waals surface area contributed by atoms with Crippen molar-refractivity contribution in [2.24, 2.45) is 0 Å². The molecule has 0 amide bonds. The van der Waals surface area contributed by atoms with Crippen LogP contribution in [0.25, 0.3) is 111 Å². The number of benzene rings is 9. The van der Waals surface area contributed by atoms with E-state index in [4.69, 9.17) is 15.0 Å². The summed E-state index contributed by atoms with van der Waals surface area (Å²) in [5, 5.41) is 4.80. The molecule has 5 heteroatoms. The molecular weight excluding hydrogens is 791 g/mol. The maximum Gasteiger partial charge on any atom is 0.164 e. The van der Waals surface area contributed by atoms with Crippen LogP contribution >= 0.6 is 0 Å². The Morgan fingerprint density at radius 3 is 1.57 bits per heavy atom. The number of fused-ring (bicyclic) bond motifs is 9. The minimum atomic E-state index is -0.172. The number of hydrogen-bond donors (Lipinski definition) is 0. The Balaban J connectivity index is 1.01. The molecule has 12 aromatic rings. The Kier molecular flexibility index (Phi) is 8.18. The summed E-state index contributed by atoms with van der Waals surface area (Å²) in [5.74, 6) is 1.88. The molecule has 3 heterocycles. The highest BCUT2D eigenvalue weighted by molar-refractivity contribution is 6.11. The van der Waals surface area contributed by atoms with Gasteiger partial charge in [-0.1, -0.05) is 166 Å². The van der Waals surface area contributed by atoms with Gasteiger partial charge in [0.25, 0.3) is 0 Å². The molecule has 65 heavy (non-hydrogen) atoms. The highest BCUT2D eigenvalue weighted by atomic mass is 15.0. The number of aromatic nitrogens is 5. The van der Waals surface area contributed by atoms with Crippen LogP contribution in [0.5, 0.6) is 0 Å². The maximum absolute atomic E-state index is 5.35. The molecule has 1 aliphatic rings. The van der Waals surface area contributed by atoms with Crippen molar-refractivity contribution in [2.75, 3.05) is 0 Å². The van der Waals surface area contributed by atoms with E-state index in [1.165, 1.54) is 54.9 Å². The number of nitrogens with zero attached hydrogens (tertiary/aromatic N) is 5. The van der Waals surface area contributed by atoms with Crippen LogP contribution in [-0.4, -0.2) is 24.1 Å². The summed E-state index contributed by atoms with van der Waals surface area (Å²) in [4.78, 5) is 16.0. The molecule has 0 N–H and O–H groups in total. The van der Waals surface area contributed by atoms with Crippen LogP contribution in [0.1, 0.15) is 25.0 Å². The van der Waals surface area contributed by atoms with Crippen molar-refractivity contribution in [3.8, 4) is 67.8 Å². The van der Waals surface area contributed by atoms with E-state index in [9.17, 15) is 0 Å². The molecule has 5 nitrogen and oxygen atoms in total. The lowest BCUT2D eigenvalue weighted by Gasteiger charge is -2.21. The average molecular weight is 832 g/mol. The van der Waals surface area contributed by atoms with E-state index in [1.54, 1.807) is 0 Å². The molecular formula is C60H41N5. The fourth-order valence-corrected chi connectivity index (χ4v) is 10.4. The highest BCUT2D eigenvalue weighted by Crippen LogP contribution is 2.49. The molecule has 0 aliphatic heterocycles. The molecule has 3 aromatic heterocycles. The van der Waals surface area contributed by atoms with E-state index in [0.29, 0.717) is 17.5 Å². The lowest BCUT2D eigenvalue weighted by Crippen LogP contribution is -2.15. The maximum atomic E-state index is 5.35. The van der Waals surface area contributed by atoms with Gasteiger partial charge in [0.05, 0.1) is 22.1 Å². The molecule has 0 unspecified atom stereocenters. The fraction of sp³-hybridized carbons (Fsp3) is 0.0500. The smallest absolute Gasteiger partial charge is 0.164 e. The Hall–Kier alpha value is -8.41. The van der Waals surface area contributed by atoms with Crippen molar-refractivity contribution in [1.29, 1.82) is 0 Å². The topological polar surface area (TPSA) is 48.5 Å². The zero-order valence-electron chi connectivity index (χ0n) is 35.9. The fourth-order valence-electron chi connectivity index (χ4n) is 10.4. The standard InChI is InChI=1S/C60H41N5/c1-60(2)51-25-12-9-22-45(51)46-31-28-41(36-52(46)60)58-61-57(62-59(63-58)42-29-32-49-47-23-10-13-26-53(47)64(56(49)37-42)43-19-7-4-8-20-43)40-18-15-21-44(34-40)65-54-27-14-11-24-48(54)50-35-39(30-33-55(50)65)38-16-5-3-6-17-38/h3-37H,1-2H3. The minimum absolute atomic E-state index is 0.172. The first-order chi connectivity index (χ1) is 32.0. The largest absolute Gasteiger partial charge is 0.309 e. The Morgan fingerprint density at radius 2 is 0.815 bits per heavy atom. The summed E-state index contributed by atoms with van der Waals surface area (Å²) in [6, 6.07) is 76.0. The van der Waals surface area contributed by atoms with Crippen LogP contribution < -0.4 is 0 Å². The van der Waals surface area contributed by atoms with Crippen LogP contribution in [0, 0.1) is 0 Å². The van der Waals surface area contributed by atoms with Crippen LogP contribution in [0.3, 0.4) is 0 Å². The van der Waals surface area contributed by atoms with Gasteiger partial charge in [-0.15, -0.1) is 0 Å². The molecule has 0 saturated heterocycles. The van der Waals surface area contributed by atoms with Gasteiger partial charge in [-0.25, -0.2) is 15.0 Å². The quantitative estimate of drug-likeness (QED) is 0.168. The third-order valence-corrected chi connectivity index (χ3v) is 13.6. The summed E-state index contributed by atoms with van der Waals surface area (Å²) >= 11 is 0. The summed E-state index contributed by atoms with van der Waals surface area (Å²) < 4.78 is 4.71. The molecule has 0 bridgehead atoms. The third kappa shape index (κ3) is 5.82. The highest BCUT2D eigenvalue weighted by Gasteiger charge is 2.35. The van der Waals surface area contributed by atoms with Gasteiger partial charge in [0.1, 0.15) is 0 Å². The first kappa shape index (κ1) is 37.2. The third-order valence-electron chi connectivity index (χ3n) is 13.6. The number of rotatable bonds is 6. The second-order valence-corrected chi connectivity index (χ2v) is 17.7. The molecule has 0 spiro atoms. The second kappa shape index (κ2) is 14.3. The van der Waals surface area contributed by atoms with Crippen LogP contribution in [0.4, 0.5) is 0 Å². The van der Waals surface area contributed by atoms with Gasteiger partial charge in [0.2, 0.25) is 0 Å². The van der Waals surface area contributed by atoms with Crippen molar-refractivity contribution >= 4 is 43.6 Å². The molecule has 306 valence electrons. The van der Waals surface area contributed by atoms with E-state index in [1.807, 2.05) is 0 Å². The Bertz CT molecular complexity index is 3860. The first-order valence-electron chi connectivity index (χ1n) is 22.3. The van der Waals surface area contributed by atoms with Crippen LogP contribution in [0.2, 0.25) is 0 Å². The minimum Gasteiger partial charge on any atom is -0.309 e. The van der Waals surface area contributed by atoms with Crippen molar-refractivity contribution in [2.45, 2.75) is 19.3 Å². The summed E-state index contributed by atoms with van der Waals surface area (Å²) in [5.41, 5.74) is 16.9. The molecule has 9 aromatic carbocycles. The molecule has 13 rings (SSSR count). The van der Waals surface area contributed by atoms with Gasteiger partial charge in [-0.05, 0) is 94.0 Å². The van der Waals surface area contributed by atoms with Gasteiger partial charge in [0.15, 0.2) is 17.5 Å². The Labute approximate surface area is 376 Å². The second-order valence-electron chi connectivity index (χ2n) is 17.7. The molecule has 0 fully saturated rings. The molecule has 1 aliphatic carbocycles. The monoisotopic (exact) mass is 831 g/mol. The van der Waals surface area contributed by atoms with Crippen molar-refractivity contribution in [3.63, 3.8) is 0 Å². The van der Waals surface area contributed by atoms with E-state index >= 15 is 0 Å². The van der Waals surface area contributed by atoms with Crippen molar-refractivity contribution in [1.82, 2.24) is 24.1 Å². The van der Waals surface area contributed by atoms with Crippen molar-refractivity contribution in [3.05, 3.63) is 223 Å². The lowest BCUT2D eigenvalue weighted by atomic mass is 9.82. The summed E-state index contributed by atoms with van der Waals surface area (Å²) in [6.07, 6.45) is 0. The van der Waals surface area contributed by atoms with E-state index in [-0.39, 0.29) is 5.41 Å². The van der Waals surface area contributed by atoms with Gasteiger partial charge in [-0.2, -0.15) is 0 Å². The SMILES string of the molecule is CC1(C)c2ccccc2-c2ccc(-c3nc(-c4cccc(-n5c6ccccc6c6cc(-c7ccccc7)ccc65)c4)nc(-c4ccc5c6ccccc6n(-c6ccccc6)c5c4)n3)cc21. The number of hydrogen-bond acceptors (Lipinski definition) is 3. The van der Waals surface area contributed by atoms with Gasteiger partial charge >= 0.3 is 0 Å². The zero-order valence-corrected chi connectivity index (χ0v) is 35.9. The van der Waals surface area contributed by atoms with E-state index < -0.39 is 0 Å². The predicted molar refractivity (Wildman–Crippen MR) is 268 cm³/mol. The van der Waals surface area contributed by atoms with Crippen LogP contribution in [0.15, 0.2) is 212 Å². The molecule has 0 saturated carbocycles. The summed E-state index contributed by atoms with van der Waals surface area (Å²) in [7, 11) is 0. The normalized spacial score (nSPS) is 12.9. The van der Waals surface area contributed by atoms with Crippen molar-refractivity contribution < 1.29 is 0 Å². The van der Waals surface area contributed by atoms with Gasteiger partial charge < -0.3 is 9.13 Å². The zero-order chi connectivity index (χ0) is 43.2. The molecule has 0 atom stereocenters. The van der Waals surface area contributed by atoms with Gasteiger partial charge in [0, 0.05) is 55.0 Å². The predicted octanol–water partition coefficient (Wildman–Crippen LogP) is 15.0. The first-order valence-corrected chi connectivity index (χ1v) is 22.3. The summed E-state index contributed by atoms with van der Waals surface area (Å²) in [6.45, 7) is 4.63. The van der Waals surface area contributed by atoms with E-state index in [2.05, 4.69) is 235 Å². The van der Waals surface area contributed by atoms with Gasteiger partial charge in [-0.3, -0.25) is 0 Å². The number of para-hydroxylation sites is 3. The Morgan fingerprint density at radius 1 is 0.308 bits per heavy atom. The van der Waals surface area contributed by atoms with Crippen LogP contribution in [-0.2, 0) is 5.41 Å². The van der Waals surface area contributed by atoms with E-state index in [0.717, 1.165) is 50.1 Å².